The highest BCUT2D eigenvalue weighted by Gasteiger charge is 2.64. The van der Waals surface area contributed by atoms with Crippen molar-refractivity contribution in [1.29, 1.82) is 0 Å². The van der Waals surface area contributed by atoms with Crippen molar-refractivity contribution in [2.24, 2.45) is 29.6 Å². The summed E-state index contributed by atoms with van der Waals surface area (Å²) >= 11 is 0. The van der Waals surface area contributed by atoms with Crippen LogP contribution in [0.5, 0.6) is 0 Å². The summed E-state index contributed by atoms with van der Waals surface area (Å²) in [6, 6.07) is 18.7. The molecule has 4 atom stereocenters. The molecular weight excluding hydrogens is 518 g/mol. The van der Waals surface area contributed by atoms with Crippen molar-refractivity contribution in [2.75, 3.05) is 6.54 Å². The predicted octanol–water partition coefficient (Wildman–Crippen LogP) is 3.34. The van der Waals surface area contributed by atoms with Crippen LogP contribution in [-0.2, 0) is 41.7 Å². The summed E-state index contributed by atoms with van der Waals surface area (Å²) in [5, 5.41) is 28.8. The molecule has 10 heteroatoms. The number of hydrogen-bond acceptors (Lipinski definition) is 6. The summed E-state index contributed by atoms with van der Waals surface area (Å²) < 4.78 is 5.60. The molecule has 1 amide bonds. The lowest BCUT2D eigenvalue weighted by Crippen LogP contribution is -2.62. The molecular formula is C30H35NO9. The number of rotatable bonds is 14. The highest BCUT2D eigenvalue weighted by molar-refractivity contribution is 5.98. The minimum absolute atomic E-state index is 0.0275. The van der Waals surface area contributed by atoms with Crippen molar-refractivity contribution in [3.05, 3.63) is 71.8 Å². The monoisotopic (exact) mass is 553 g/mol. The van der Waals surface area contributed by atoms with Gasteiger partial charge in [0.1, 0.15) is 6.10 Å². The number of amides is 1. The highest BCUT2D eigenvalue weighted by Crippen LogP contribution is 2.48. The molecule has 0 aromatic heterocycles. The first kappa shape index (κ1) is 30.3. The number of carbonyl (C=O) groups excluding carboxylic acids is 2. The van der Waals surface area contributed by atoms with E-state index in [1.807, 2.05) is 37.3 Å². The van der Waals surface area contributed by atoms with Crippen LogP contribution in [0.1, 0.15) is 37.8 Å². The maximum Gasteiger partial charge on any atom is 0.308 e. The van der Waals surface area contributed by atoms with Crippen LogP contribution in [0.25, 0.3) is 0 Å². The Balaban J connectivity index is 1.79. The fourth-order valence-corrected chi connectivity index (χ4v) is 5.53. The number of esters is 1. The van der Waals surface area contributed by atoms with Crippen LogP contribution in [0.3, 0.4) is 0 Å². The molecule has 0 spiro atoms. The van der Waals surface area contributed by atoms with Gasteiger partial charge in [-0.2, -0.15) is 0 Å². The third kappa shape index (κ3) is 7.46. The van der Waals surface area contributed by atoms with E-state index in [9.17, 15) is 39.3 Å². The molecule has 1 fully saturated rings. The van der Waals surface area contributed by atoms with Crippen molar-refractivity contribution < 1.29 is 44.0 Å². The van der Waals surface area contributed by atoms with Gasteiger partial charge in [0.15, 0.2) is 0 Å². The Bertz CT molecular complexity index is 1180. The zero-order valence-electron chi connectivity index (χ0n) is 22.5. The van der Waals surface area contributed by atoms with Gasteiger partial charge in [-0.1, -0.05) is 67.6 Å². The van der Waals surface area contributed by atoms with Gasteiger partial charge in [-0.05, 0) is 36.3 Å². The van der Waals surface area contributed by atoms with Gasteiger partial charge in [-0.15, -0.1) is 0 Å². The molecule has 0 unspecified atom stereocenters. The van der Waals surface area contributed by atoms with Crippen molar-refractivity contribution in [3.8, 4) is 0 Å². The van der Waals surface area contributed by atoms with E-state index in [0.29, 0.717) is 19.3 Å². The molecule has 1 aliphatic carbocycles. The zero-order valence-corrected chi connectivity index (χ0v) is 22.5. The molecule has 40 heavy (non-hydrogen) atoms. The van der Waals surface area contributed by atoms with Crippen LogP contribution < -0.4 is 0 Å². The molecule has 0 radical (unpaired) electrons. The van der Waals surface area contributed by atoms with E-state index in [-0.39, 0.29) is 19.0 Å². The Morgan fingerprint density at radius 3 is 1.73 bits per heavy atom. The molecule has 10 nitrogen and oxygen atoms in total. The van der Waals surface area contributed by atoms with Crippen LogP contribution in [-0.4, -0.2) is 62.7 Å². The summed E-state index contributed by atoms with van der Waals surface area (Å²) in [4.78, 5) is 62.4. The van der Waals surface area contributed by atoms with E-state index < -0.39 is 59.6 Å². The predicted molar refractivity (Wildman–Crippen MR) is 143 cm³/mol. The molecule has 1 saturated carbocycles. The van der Waals surface area contributed by atoms with Crippen molar-refractivity contribution in [1.82, 2.24) is 4.90 Å². The first-order valence-electron chi connectivity index (χ1n) is 13.2. The Morgan fingerprint density at radius 1 is 0.775 bits per heavy atom. The van der Waals surface area contributed by atoms with Crippen LogP contribution >= 0.6 is 0 Å². The first-order valence-corrected chi connectivity index (χ1v) is 13.2. The fourth-order valence-electron chi connectivity index (χ4n) is 5.53. The van der Waals surface area contributed by atoms with Crippen molar-refractivity contribution in [2.45, 2.75) is 45.8 Å². The molecule has 3 rings (SSSR count). The third-order valence-corrected chi connectivity index (χ3v) is 7.49. The zero-order chi connectivity index (χ0) is 29.4. The Morgan fingerprint density at radius 2 is 1.25 bits per heavy atom. The lowest BCUT2D eigenvalue weighted by molar-refractivity contribution is -0.189. The molecule has 214 valence electrons. The maximum absolute atomic E-state index is 13.7. The number of ether oxygens (including phenoxy) is 1. The molecule has 3 N–H and O–H groups in total. The van der Waals surface area contributed by atoms with Gasteiger partial charge in [0.05, 0.1) is 23.7 Å². The minimum atomic E-state index is -1.70. The lowest BCUT2D eigenvalue weighted by Gasteiger charge is -2.45. The fraction of sp³-hybridized carbons (Fsp3) is 0.433. The molecule has 0 bridgehead atoms. The number of carbonyl (C=O) groups is 5. The van der Waals surface area contributed by atoms with E-state index in [4.69, 9.17) is 4.74 Å². The normalized spacial score (nSPS) is 21.4. The highest BCUT2D eigenvalue weighted by atomic mass is 16.5. The second kappa shape index (κ2) is 13.7. The van der Waals surface area contributed by atoms with Gasteiger partial charge < -0.3 is 25.0 Å². The number of benzene rings is 2. The Labute approximate surface area is 232 Å². The lowest BCUT2D eigenvalue weighted by atomic mass is 9.56. The van der Waals surface area contributed by atoms with E-state index in [1.54, 1.807) is 30.3 Å². The van der Waals surface area contributed by atoms with E-state index >= 15 is 0 Å². The van der Waals surface area contributed by atoms with E-state index in [1.165, 1.54) is 11.8 Å². The van der Waals surface area contributed by atoms with Gasteiger partial charge in [-0.3, -0.25) is 24.0 Å². The number of hydrogen-bond donors (Lipinski definition) is 3. The molecule has 2 aromatic carbocycles. The Kier molecular flexibility index (Phi) is 10.4. The summed E-state index contributed by atoms with van der Waals surface area (Å²) in [5.74, 6) is -12.3. The van der Waals surface area contributed by atoms with Crippen molar-refractivity contribution in [3.63, 3.8) is 0 Å². The smallest absolute Gasteiger partial charge is 0.308 e. The summed E-state index contributed by atoms with van der Waals surface area (Å²) in [6.45, 7) is 3.53. The topological polar surface area (TPSA) is 159 Å². The molecule has 0 heterocycles. The molecule has 2 aromatic rings. The quantitative estimate of drug-likeness (QED) is 0.298. The molecule has 0 saturated heterocycles. The average Bonchev–Trinajstić information content (AvgIpc) is 2.87. The summed E-state index contributed by atoms with van der Waals surface area (Å²) in [5.41, 5.74) is 1.84. The van der Waals surface area contributed by atoms with Crippen molar-refractivity contribution >= 4 is 29.8 Å². The SMILES string of the molecule is CC(=O)O[C@@H](CCCN(Cc1ccccc1)C(=O)C1[C@@H](C(=O)O)C(C(=O)O)[C@@H]1C(=O)O)[C@@H](C)Cc1ccccc1. The first-order chi connectivity index (χ1) is 19.0. The number of aliphatic carboxylic acids is 3. The minimum Gasteiger partial charge on any atom is -0.481 e. The van der Waals surface area contributed by atoms with Crippen LogP contribution in [0.15, 0.2) is 60.7 Å². The summed E-state index contributed by atoms with van der Waals surface area (Å²) in [7, 11) is 0. The van der Waals surface area contributed by atoms with Crippen LogP contribution in [0, 0.1) is 29.6 Å². The van der Waals surface area contributed by atoms with E-state index in [0.717, 1.165) is 11.1 Å². The van der Waals surface area contributed by atoms with Crippen LogP contribution in [0.4, 0.5) is 0 Å². The average molecular weight is 554 g/mol. The standard InChI is InChI=1S/C30H35NO9/c1-18(16-20-10-5-3-6-11-20)22(40-19(2)32)14-9-15-31(17-21-12-7-4-8-13-21)27(33)23-24(28(34)35)26(30(38)39)25(23)29(36)37/h3-8,10-13,18,22-26H,9,14-17H2,1-2H3,(H,34,35)(H,36,37)(H,38,39)/t18-,22-,23?,24+,25+,26?/m0/s1. The number of carboxylic acids is 3. The molecule has 1 aliphatic rings. The second-order valence-electron chi connectivity index (χ2n) is 10.3. The summed E-state index contributed by atoms with van der Waals surface area (Å²) in [6.07, 6.45) is 1.04. The molecule has 0 aliphatic heterocycles. The number of carboxylic acid groups (broad SMARTS) is 3. The van der Waals surface area contributed by atoms with Gasteiger partial charge >= 0.3 is 23.9 Å². The van der Waals surface area contributed by atoms with Crippen LogP contribution in [0.2, 0.25) is 0 Å². The second-order valence-corrected chi connectivity index (χ2v) is 10.3. The van der Waals surface area contributed by atoms with Gasteiger partial charge in [0.25, 0.3) is 0 Å². The van der Waals surface area contributed by atoms with Gasteiger partial charge in [0, 0.05) is 20.0 Å². The van der Waals surface area contributed by atoms with Gasteiger partial charge in [0.2, 0.25) is 5.91 Å². The van der Waals surface area contributed by atoms with E-state index in [2.05, 4.69) is 0 Å². The maximum atomic E-state index is 13.7. The third-order valence-electron chi connectivity index (χ3n) is 7.49. The van der Waals surface area contributed by atoms with Gasteiger partial charge in [-0.25, -0.2) is 0 Å². The number of nitrogens with zero attached hydrogens (tertiary/aromatic N) is 1. The largest absolute Gasteiger partial charge is 0.481 e. The Hall–Kier alpha value is -4.21.